The summed E-state index contributed by atoms with van der Waals surface area (Å²) >= 11 is 0. The summed E-state index contributed by atoms with van der Waals surface area (Å²) in [4.78, 5) is 13.4. The lowest BCUT2D eigenvalue weighted by Gasteiger charge is -2.16. The van der Waals surface area contributed by atoms with E-state index in [0.29, 0.717) is 25.3 Å². The lowest BCUT2D eigenvalue weighted by atomic mass is 10.2. The predicted molar refractivity (Wildman–Crippen MR) is 65.8 cm³/mol. The van der Waals surface area contributed by atoms with Crippen LogP contribution in [0.1, 0.15) is 12.0 Å². The van der Waals surface area contributed by atoms with Crippen molar-refractivity contribution in [3.8, 4) is 5.75 Å². The van der Waals surface area contributed by atoms with E-state index in [9.17, 15) is 9.18 Å². The first-order valence-electron chi connectivity index (χ1n) is 5.96. The fraction of sp³-hybridized carbons (Fsp3) is 0.462. The lowest BCUT2D eigenvalue weighted by molar-refractivity contribution is -0.132. The number of nitrogens with one attached hydrogen (secondary N) is 1. The Kier molecular flexibility index (Phi) is 3.81. The lowest BCUT2D eigenvalue weighted by Crippen LogP contribution is -2.29. The zero-order valence-corrected chi connectivity index (χ0v) is 10.6. The number of hydrogen-bond acceptors (Lipinski definition) is 3. The number of likely N-dealkylation sites (N-methyl/N-ethyl adjacent to an activating group) is 1. The molecule has 1 saturated heterocycles. The molecule has 1 amide bonds. The topological polar surface area (TPSA) is 41.6 Å². The van der Waals surface area contributed by atoms with Crippen LogP contribution < -0.4 is 10.1 Å². The molecule has 1 fully saturated rings. The number of ether oxygens (including phenoxy) is 1. The Hall–Kier alpha value is -1.62. The quantitative estimate of drug-likeness (QED) is 0.874. The Morgan fingerprint density at radius 1 is 1.56 bits per heavy atom. The van der Waals surface area contributed by atoms with Gasteiger partial charge in [0.25, 0.3) is 5.91 Å². The number of amides is 1. The van der Waals surface area contributed by atoms with Crippen molar-refractivity contribution in [3.63, 3.8) is 0 Å². The minimum absolute atomic E-state index is 0.0188. The fourth-order valence-electron chi connectivity index (χ4n) is 2.04. The maximum Gasteiger partial charge on any atom is 0.263 e. The zero-order valence-electron chi connectivity index (χ0n) is 10.6. The minimum Gasteiger partial charge on any atom is -0.480 e. The van der Waals surface area contributed by atoms with Crippen LogP contribution >= 0.6 is 0 Å². The zero-order chi connectivity index (χ0) is 13.1. The molecule has 0 aliphatic carbocycles. The molecule has 5 heteroatoms. The van der Waals surface area contributed by atoms with E-state index < -0.39 is 6.10 Å². The fourth-order valence-corrected chi connectivity index (χ4v) is 2.04. The molecule has 4 nitrogen and oxygen atoms in total. The monoisotopic (exact) mass is 252 g/mol. The Bertz CT molecular complexity index is 451. The Morgan fingerprint density at radius 2 is 2.33 bits per heavy atom. The van der Waals surface area contributed by atoms with Crippen LogP contribution in [0.5, 0.6) is 5.75 Å². The molecule has 18 heavy (non-hydrogen) atoms. The summed E-state index contributed by atoms with van der Waals surface area (Å²) in [5.74, 6) is 0.247. The van der Waals surface area contributed by atoms with Crippen LogP contribution in [0.25, 0.3) is 0 Å². The number of halogens is 1. The van der Waals surface area contributed by atoms with E-state index >= 15 is 0 Å². The van der Waals surface area contributed by atoms with Gasteiger partial charge in [0.1, 0.15) is 11.6 Å². The normalized spacial score (nSPS) is 19.4. The van der Waals surface area contributed by atoms with Gasteiger partial charge in [0.05, 0.1) is 0 Å². The summed E-state index contributed by atoms with van der Waals surface area (Å²) in [5, 5.41) is 2.95. The van der Waals surface area contributed by atoms with Crippen LogP contribution in [-0.2, 0) is 11.3 Å². The van der Waals surface area contributed by atoms with Gasteiger partial charge >= 0.3 is 0 Å². The van der Waals surface area contributed by atoms with E-state index in [1.165, 1.54) is 12.1 Å². The van der Waals surface area contributed by atoms with Crippen molar-refractivity contribution in [1.29, 1.82) is 0 Å². The first kappa shape index (κ1) is 12.8. The van der Waals surface area contributed by atoms with Crippen LogP contribution in [0, 0.1) is 5.82 Å². The van der Waals surface area contributed by atoms with Gasteiger partial charge in [-0.15, -0.1) is 0 Å². The van der Waals surface area contributed by atoms with Crippen molar-refractivity contribution >= 4 is 5.91 Å². The second-order valence-electron chi connectivity index (χ2n) is 4.44. The van der Waals surface area contributed by atoms with Gasteiger partial charge in [-0.05, 0) is 25.2 Å². The van der Waals surface area contributed by atoms with Crippen molar-refractivity contribution < 1.29 is 13.9 Å². The van der Waals surface area contributed by atoms with Gasteiger partial charge in [0, 0.05) is 32.1 Å². The molecule has 0 bridgehead atoms. The Labute approximate surface area is 106 Å². The third kappa shape index (κ3) is 2.61. The standard InChI is InChI=1S/C13H17FN2O2/c1-15-8-9-7-10(14)3-4-11(9)18-12-5-6-16(2)13(12)17/h3-4,7,12,15H,5-6,8H2,1-2H3. The summed E-state index contributed by atoms with van der Waals surface area (Å²) in [6, 6.07) is 4.35. The minimum atomic E-state index is -0.448. The third-order valence-electron chi connectivity index (χ3n) is 3.04. The summed E-state index contributed by atoms with van der Waals surface area (Å²) in [6.45, 7) is 1.20. The first-order valence-corrected chi connectivity index (χ1v) is 5.96. The predicted octanol–water partition coefficient (Wildman–Crippen LogP) is 1.15. The second kappa shape index (κ2) is 5.35. The van der Waals surface area contributed by atoms with E-state index in [-0.39, 0.29) is 11.7 Å². The molecule has 98 valence electrons. The SMILES string of the molecule is CNCc1cc(F)ccc1OC1CCN(C)C1=O. The molecule has 1 heterocycles. The number of rotatable bonds is 4. The molecule has 0 spiro atoms. The number of carbonyl (C=O) groups excluding carboxylic acids is 1. The summed E-state index contributed by atoms with van der Waals surface area (Å²) < 4.78 is 18.9. The van der Waals surface area contributed by atoms with Gasteiger partial charge in [-0.2, -0.15) is 0 Å². The molecule has 1 aromatic carbocycles. The van der Waals surface area contributed by atoms with Gasteiger partial charge in [-0.1, -0.05) is 0 Å². The highest BCUT2D eigenvalue weighted by molar-refractivity contribution is 5.83. The average Bonchev–Trinajstić information content (AvgIpc) is 2.65. The van der Waals surface area contributed by atoms with Crippen LogP contribution in [0.2, 0.25) is 0 Å². The summed E-state index contributed by atoms with van der Waals surface area (Å²) in [5.41, 5.74) is 0.722. The molecule has 2 rings (SSSR count). The molecule has 0 saturated carbocycles. The van der Waals surface area contributed by atoms with Crippen LogP contribution in [0.15, 0.2) is 18.2 Å². The number of nitrogens with zero attached hydrogens (tertiary/aromatic N) is 1. The van der Waals surface area contributed by atoms with Gasteiger partial charge in [-0.3, -0.25) is 4.79 Å². The van der Waals surface area contributed by atoms with E-state index in [1.54, 1.807) is 25.1 Å². The largest absolute Gasteiger partial charge is 0.480 e. The molecular formula is C13H17FN2O2. The Morgan fingerprint density at radius 3 is 2.94 bits per heavy atom. The van der Waals surface area contributed by atoms with E-state index in [4.69, 9.17) is 4.74 Å². The number of likely N-dealkylation sites (tertiary alicyclic amines) is 1. The summed E-state index contributed by atoms with van der Waals surface area (Å²) in [6.07, 6.45) is 0.224. The Balaban J connectivity index is 2.16. The average molecular weight is 252 g/mol. The van der Waals surface area contributed by atoms with Crippen LogP contribution in [-0.4, -0.2) is 37.6 Å². The molecule has 0 aromatic heterocycles. The van der Waals surface area contributed by atoms with Crippen molar-refractivity contribution in [2.24, 2.45) is 0 Å². The second-order valence-corrected chi connectivity index (χ2v) is 4.44. The molecule has 0 radical (unpaired) electrons. The maximum atomic E-state index is 13.2. The van der Waals surface area contributed by atoms with Gasteiger partial charge in [0.2, 0.25) is 0 Å². The molecule has 1 N–H and O–H groups in total. The van der Waals surface area contributed by atoms with E-state index in [0.717, 1.165) is 5.56 Å². The molecule has 1 aliphatic rings. The maximum absolute atomic E-state index is 13.2. The number of hydrogen-bond donors (Lipinski definition) is 1. The highest BCUT2D eigenvalue weighted by Gasteiger charge is 2.31. The van der Waals surface area contributed by atoms with E-state index in [1.807, 2.05) is 0 Å². The van der Waals surface area contributed by atoms with Gasteiger partial charge in [0.15, 0.2) is 6.10 Å². The number of benzene rings is 1. The molecule has 1 aromatic rings. The van der Waals surface area contributed by atoms with Crippen molar-refractivity contribution in [2.45, 2.75) is 19.1 Å². The molecule has 1 aliphatic heterocycles. The van der Waals surface area contributed by atoms with Crippen molar-refractivity contribution in [1.82, 2.24) is 10.2 Å². The highest BCUT2D eigenvalue weighted by atomic mass is 19.1. The van der Waals surface area contributed by atoms with Crippen molar-refractivity contribution in [2.75, 3.05) is 20.6 Å². The highest BCUT2D eigenvalue weighted by Crippen LogP contribution is 2.24. The molecule has 1 atom stereocenters. The smallest absolute Gasteiger partial charge is 0.263 e. The van der Waals surface area contributed by atoms with Gasteiger partial charge in [-0.25, -0.2) is 4.39 Å². The van der Waals surface area contributed by atoms with Crippen molar-refractivity contribution in [3.05, 3.63) is 29.6 Å². The summed E-state index contributed by atoms with van der Waals surface area (Å²) in [7, 11) is 3.54. The van der Waals surface area contributed by atoms with Gasteiger partial charge < -0.3 is 15.0 Å². The first-order chi connectivity index (χ1) is 8.61. The van der Waals surface area contributed by atoms with Crippen LogP contribution in [0.4, 0.5) is 4.39 Å². The number of carbonyl (C=O) groups is 1. The molecule has 1 unspecified atom stereocenters. The molecular weight excluding hydrogens is 235 g/mol. The van der Waals surface area contributed by atoms with E-state index in [2.05, 4.69) is 5.32 Å². The van der Waals surface area contributed by atoms with Crippen LogP contribution in [0.3, 0.4) is 0 Å². The third-order valence-corrected chi connectivity index (χ3v) is 3.04.